The summed E-state index contributed by atoms with van der Waals surface area (Å²) >= 11 is 0. The zero-order chi connectivity index (χ0) is 13.3. The van der Waals surface area contributed by atoms with Crippen LogP contribution in [0, 0.1) is 0 Å². The van der Waals surface area contributed by atoms with Crippen molar-refractivity contribution in [3.63, 3.8) is 0 Å². The van der Waals surface area contributed by atoms with Crippen molar-refractivity contribution in [2.45, 2.75) is 31.2 Å². The largest absolute Gasteiger partial charge is 0.479 e. The third-order valence-corrected chi connectivity index (χ3v) is 2.91. The Hall–Kier alpha value is -1.56. The molecule has 1 N–H and O–H groups in total. The van der Waals surface area contributed by atoms with Crippen LogP contribution in [0.3, 0.4) is 0 Å². The van der Waals surface area contributed by atoms with Gasteiger partial charge in [0.1, 0.15) is 0 Å². The average molecular weight is 260 g/mol. The Morgan fingerprint density at radius 2 is 1.94 bits per heavy atom. The van der Waals surface area contributed by atoms with E-state index >= 15 is 0 Å². The van der Waals surface area contributed by atoms with Crippen LogP contribution in [-0.2, 0) is 15.7 Å². The molecule has 6 heteroatoms. The van der Waals surface area contributed by atoms with Crippen LogP contribution in [0.15, 0.2) is 24.3 Å². The monoisotopic (exact) mass is 260 g/mol. The molecule has 1 fully saturated rings. The van der Waals surface area contributed by atoms with Crippen LogP contribution in [0.1, 0.15) is 30.1 Å². The van der Waals surface area contributed by atoms with Crippen molar-refractivity contribution in [3.8, 4) is 0 Å². The summed E-state index contributed by atoms with van der Waals surface area (Å²) in [6.07, 6.45) is -5.77. The predicted molar refractivity (Wildman–Crippen MR) is 55.9 cm³/mol. The molecule has 98 valence electrons. The highest BCUT2D eigenvalue weighted by Gasteiger charge is 2.38. The highest BCUT2D eigenvalue weighted by atomic mass is 19.4. The first-order chi connectivity index (χ1) is 8.39. The van der Waals surface area contributed by atoms with Gasteiger partial charge in [-0.05, 0) is 24.5 Å². The molecule has 3 nitrogen and oxygen atoms in total. The summed E-state index contributed by atoms with van der Waals surface area (Å²) < 4.78 is 43.5. The van der Waals surface area contributed by atoms with Crippen LogP contribution in [-0.4, -0.2) is 17.2 Å². The number of hydrogen-bond donors (Lipinski definition) is 1. The SMILES string of the molecule is O=C(O)[C@@H]1CC[C@H](c2ccccc2C(F)(F)F)O1. The molecule has 0 amide bonds. The molecule has 1 heterocycles. The summed E-state index contributed by atoms with van der Waals surface area (Å²) in [6.45, 7) is 0. The molecule has 1 saturated heterocycles. The first-order valence-electron chi connectivity index (χ1n) is 5.44. The molecule has 0 aliphatic carbocycles. The highest BCUT2D eigenvalue weighted by molar-refractivity contribution is 5.72. The van der Waals surface area contributed by atoms with Crippen molar-refractivity contribution >= 4 is 5.97 Å². The van der Waals surface area contributed by atoms with Gasteiger partial charge in [0.2, 0.25) is 0 Å². The van der Waals surface area contributed by atoms with E-state index in [0.717, 1.165) is 6.07 Å². The maximum Gasteiger partial charge on any atom is 0.416 e. The molecule has 0 unspecified atom stereocenters. The van der Waals surface area contributed by atoms with Gasteiger partial charge in [-0.3, -0.25) is 0 Å². The Bertz CT molecular complexity index is 456. The van der Waals surface area contributed by atoms with Crippen molar-refractivity contribution in [1.82, 2.24) is 0 Å². The van der Waals surface area contributed by atoms with E-state index in [1.54, 1.807) is 0 Å². The molecule has 0 bridgehead atoms. The lowest BCUT2D eigenvalue weighted by Gasteiger charge is -2.17. The third-order valence-electron chi connectivity index (χ3n) is 2.91. The van der Waals surface area contributed by atoms with Gasteiger partial charge in [0.05, 0.1) is 11.7 Å². The van der Waals surface area contributed by atoms with E-state index in [-0.39, 0.29) is 18.4 Å². The summed E-state index contributed by atoms with van der Waals surface area (Å²) in [6, 6.07) is 5.10. The molecular weight excluding hydrogens is 249 g/mol. The first kappa shape index (κ1) is 12.9. The minimum atomic E-state index is -4.46. The molecule has 18 heavy (non-hydrogen) atoms. The van der Waals surface area contributed by atoms with Gasteiger partial charge >= 0.3 is 12.1 Å². The van der Waals surface area contributed by atoms with E-state index < -0.39 is 29.9 Å². The molecular formula is C12H11F3O3. The maximum atomic E-state index is 12.8. The van der Waals surface area contributed by atoms with Gasteiger partial charge in [0.25, 0.3) is 0 Å². The summed E-state index contributed by atoms with van der Waals surface area (Å²) in [5, 5.41) is 8.76. The fraction of sp³-hybridized carbons (Fsp3) is 0.417. The lowest BCUT2D eigenvalue weighted by Crippen LogP contribution is -2.19. The summed E-state index contributed by atoms with van der Waals surface area (Å²) in [5.41, 5.74) is -0.755. The van der Waals surface area contributed by atoms with Crippen LogP contribution in [0.5, 0.6) is 0 Å². The Morgan fingerprint density at radius 3 is 2.50 bits per heavy atom. The summed E-state index contributed by atoms with van der Waals surface area (Å²) in [7, 11) is 0. The first-order valence-corrected chi connectivity index (χ1v) is 5.44. The van der Waals surface area contributed by atoms with E-state index in [2.05, 4.69) is 0 Å². The van der Waals surface area contributed by atoms with Gasteiger partial charge in [-0.1, -0.05) is 18.2 Å². The summed E-state index contributed by atoms with van der Waals surface area (Å²) in [4.78, 5) is 10.7. The number of ether oxygens (including phenoxy) is 1. The Morgan fingerprint density at radius 1 is 1.28 bits per heavy atom. The van der Waals surface area contributed by atoms with Gasteiger partial charge < -0.3 is 9.84 Å². The van der Waals surface area contributed by atoms with E-state index in [9.17, 15) is 18.0 Å². The molecule has 2 atom stereocenters. The van der Waals surface area contributed by atoms with Crippen LogP contribution in [0.25, 0.3) is 0 Å². The molecule has 0 spiro atoms. The van der Waals surface area contributed by atoms with Crippen molar-refractivity contribution in [3.05, 3.63) is 35.4 Å². The number of carboxylic acid groups (broad SMARTS) is 1. The Kier molecular flexibility index (Phi) is 3.30. The zero-order valence-electron chi connectivity index (χ0n) is 9.28. The second kappa shape index (κ2) is 4.61. The average Bonchev–Trinajstić information content (AvgIpc) is 2.77. The smallest absolute Gasteiger partial charge is 0.416 e. The van der Waals surface area contributed by atoms with E-state index in [1.165, 1.54) is 18.2 Å². The number of halogens is 3. The zero-order valence-corrected chi connectivity index (χ0v) is 9.28. The predicted octanol–water partition coefficient (Wildman–Crippen LogP) is 3.01. The van der Waals surface area contributed by atoms with Crippen LogP contribution in [0.2, 0.25) is 0 Å². The van der Waals surface area contributed by atoms with Crippen LogP contribution in [0.4, 0.5) is 13.2 Å². The molecule has 1 aromatic carbocycles. The van der Waals surface area contributed by atoms with Gasteiger partial charge in [-0.25, -0.2) is 4.79 Å². The van der Waals surface area contributed by atoms with Crippen molar-refractivity contribution in [2.24, 2.45) is 0 Å². The van der Waals surface area contributed by atoms with Crippen LogP contribution < -0.4 is 0 Å². The van der Waals surface area contributed by atoms with Gasteiger partial charge in [-0.2, -0.15) is 13.2 Å². The lowest BCUT2D eigenvalue weighted by atomic mass is 10.00. The van der Waals surface area contributed by atoms with E-state index in [0.29, 0.717) is 0 Å². The molecule has 2 rings (SSSR count). The number of carboxylic acids is 1. The van der Waals surface area contributed by atoms with Crippen molar-refractivity contribution in [1.29, 1.82) is 0 Å². The Balaban J connectivity index is 2.27. The van der Waals surface area contributed by atoms with E-state index in [4.69, 9.17) is 9.84 Å². The number of rotatable bonds is 2. The molecule has 1 aliphatic rings. The highest BCUT2D eigenvalue weighted by Crippen LogP contribution is 2.40. The fourth-order valence-corrected chi connectivity index (χ4v) is 2.08. The number of benzene rings is 1. The number of carbonyl (C=O) groups is 1. The minimum absolute atomic E-state index is 0.00810. The topological polar surface area (TPSA) is 46.5 Å². The number of alkyl halides is 3. The normalized spacial score (nSPS) is 24.2. The fourth-order valence-electron chi connectivity index (χ4n) is 2.08. The number of aliphatic carboxylic acids is 1. The lowest BCUT2D eigenvalue weighted by molar-refractivity contribution is -0.150. The second-order valence-corrected chi connectivity index (χ2v) is 4.11. The third kappa shape index (κ3) is 2.48. The van der Waals surface area contributed by atoms with Crippen molar-refractivity contribution < 1.29 is 27.8 Å². The van der Waals surface area contributed by atoms with Gasteiger partial charge in [0, 0.05) is 0 Å². The summed E-state index contributed by atoms with van der Waals surface area (Å²) in [5.74, 6) is -1.14. The van der Waals surface area contributed by atoms with Crippen LogP contribution >= 0.6 is 0 Å². The quantitative estimate of drug-likeness (QED) is 0.889. The number of hydrogen-bond acceptors (Lipinski definition) is 2. The Labute approximate surface area is 101 Å². The standard InChI is InChI=1S/C12H11F3O3/c13-12(14,15)8-4-2-1-3-7(8)9-5-6-10(18-9)11(16)17/h1-4,9-10H,5-6H2,(H,16,17)/t9-,10+/m1/s1. The molecule has 0 radical (unpaired) electrons. The van der Waals surface area contributed by atoms with Crippen molar-refractivity contribution in [2.75, 3.05) is 0 Å². The maximum absolute atomic E-state index is 12.8. The molecule has 0 saturated carbocycles. The van der Waals surface area contributed by atoms with Gasteiger partial charge in [-0.15, -0.1) is 0 Å². The molecule has 1 aromatic rings. The van der Waals surface area contributed by atoms with E-state index in [1.807, 2.05) is 0 Å². The molecule has 0 aromatic heterocycles. The molecule has 1 aliphatic heterocycles. The second-order valence-electron chi connectivity index (χ2n) is 4.11. The van der Waals surface area contributed by atoms with Gasteiger partial charge in [0.15, 0.2) is 6.10 Å². The minimum Gasteiger partial charge on any atom is -0.479 e.